The smallest absolute Gasteiger partial charge is 0.0615 e. The number of hydrogen-bond donors (Lipinski definition) is 1. The molecule has 0 aromatic rings. The van der Waals surface area contributed by atoms with Crippen LogP contribution in [0.25, 0.3) is 0 Å². The number of methoxy groups -OCH3 is 1. The predicted molar refractivity (Wildman–Crippen MR) is 75.3 cm³/mol. The summed E-state index contributed by atoms with van der Waals surface area (Å²) >= 11 is 0. The zero-order valence-corrected chi connectivity index (χ0v) is 12.5. The molecule has 0 saturated carbocycles. The molecule has 0 heterocycles. The fraction of sp³-hybridized carbons (Fsp3) is 1.00. The van der Waals surface area contributed by atoms with Crippen molar-refractivity contribution in [2.45, 2.75) is 53.0 Å². The van der Waals surface area contributed by atoms with Gasteiger partial charge in [0.15, 0.2) is 0 Å². The van der Waals surface area contributed by atoms with Gasteiger partial charge in [-0.25, -0.2) is 0 Å². The van der Waals surface area contributed by atoms with Gasteiger partial charge in [-0.3, -0.25) is 4.90 Å². The van der Waals surface area contributed by atoms with E-state index in [4.69, 9.17) is 10.5 Å². The van der Waals surface area contributed by atoms with E-state index in [1.54, 1.807) is 7.11 Å². The Kier molecular flexibility index (Phi) is 8.83. The molecule has 3 nitrogen and oxygen atoms in total. The molecule has 1 unspecified atom stereocenters. The summed E-state index contributed by atoms with van der Waals surface area (Å²) in [4.78, 5) is 2.49. The van der Waals surface area contributed by atoms with Crippen molar-refractivity contribution in [3.8, 4) is 0 Å². The number of ether oxygens (including phenoxy) is 1. The number of nitrogens with zero attached hydrogens (tertiary/aromatic N) is 1. The SMILES string of the molecule is CCN(CCCCC(C)(C)CN)C(C)COC. The lowest BCUT2D eigenvalue weighted by molar-refractivity contribution is 0.101. The summed E-state index contributed by atoms with van der Waals surface area (Å²) in [7, 11) is 1.77. The van der Waals surface area contributed by atoms with Crippen LogP contribution in [0, 0.1) is 5.41 Å². The summed E-state index contributed by atoms with van der Waals surface area (Å²) in [6.07, 6.45) is 3.74. The molecule has 0 fully saturated rings. The molecule has 0 radical (unpaired) electrons. The molecule has 0 saturated heterocycles. The van der Waals surface area contributed by atoms with E-state index in [0.29, 0.717) is 11.5 Å². The van der Waals surface area contributed by atoms with Gasteiger partial charge >= 0.3 is 0 Å². The fourth-order valence-electron chi connectivity index (χ4n) is 2.06. The van der Waals surface area contributed by atoms with E-state index in [0.717, 1.165) is 19.7 Å². The van der Waals surface area contributed by atoms with Crippen molar-refractivity contribution in [3.05, 3.63) is 0 Å². The summed E-state index contributed by atoms with van der Waals surface area (Å²) in [5.41, 5.74) is 6.04. The van der Waals surface area contributed by atoms with Gasteiger partial charge in [-0.2, -0.15) is 0 Å². The lowest BCUT2D eigenvalue weighted by atomic mass is 9.87. The van der Waals surface area contributed by atoms with E-state index < -0.39 is 0 Å². The van der Waals surface area contributed by atoms with Crippen LogP contribution in [0.1, 0.15) is 47.0 Å². The zero-order valence-electron chi connectivity index (χ0n) is 12.5. The monoisotopic (exact) mass is 244 g/mol. The van der Waals surface area contributed by atoms with Crippen molar-refractivity contribution < 1.29 is 4.74 Å². The van der Waals surface area contributed by atoms with E-state index in [9.17, 15) is 0 Å². The quantitative estimate of drug-likeness (QED) is 0.600. The average molecular weight is 244 g/mol. The topological polar surface area (TPSA) is 38.5 Å². The molecule has 0 aromatic carbocycles. The molecule has 0 rings (SSSR count). The van der Waals surface area contributed by atoms with E-state index in [2.05, 4.69) is 32.6 Å². The Bertz CT molecular complexity index is 183. The molecule has 0 amide bonds. The van der Waals surface area contributed by atoms with Crippen LogP contribution in [-0.4, -0.2) is 44.3 Å². The lowest BCUT2D eigenvalue weighted by Crippen LogP contribution is -2.36. The molecule has 2 N–H and O–H groups in total. The Morgan fingerprint density at radius 1 is 1.29 bits per heavy atom. The molecule has 0 spiro atoms. The molecule has 0 aliphatic rings. The van der Waals surface area contributed by atoms with Gasteiger partial charge in [0.1, 0.15) is 0 Å². The summed E-state index contributed by atoms with van der Waals surface area (Å²) in [5, 5.41) is 0. The summed E-state index contributed by atoms with van der Waals surface area (Å²) in [5.74, 6) is 0. The Morgan fingerprint density at radius 3 is 2.41 bits per heavy atom. The van der Waals surface area contributed by atoms with Crippen molar-refractivity contribution in [1.29, 1.82) is 0 Å². The van der Waals surface area contributed by atoms with E-state index >= 15 is 0 Å². The third-order valence-electron chi connectivity index (χ3n) is 3.54. The van der Waals surface area contributed by atoms with Gasteiger partial charge in [-0.05, 0) is 44.8 Å². The number of rotatable bonds is 10. The Balaban J connectivity index is 3.77. The minimum atomic E-state index is 0.301. The van der Waals surface area contributed by atoms with Crippen molar-refractivity contribution in [1.82, 2.24) is 4.90 Å². The Hall–Kier alpha value is -0.120. The average Bonchev–Trinajstić information content (AvgIpc) is 2.29. The van der Waals surface area contributed by atoms with Crippen molar-refractivity contribution in [2.75, 3.05) is 33.4 Å². The highest BCUT2D eigenvalue weighted by molar-refractivity contribution is 4.70. The van der Waals surface area contributed by atoms with Gasteiger partial charge in [-0.1, -0.05) is 27.2 Å². The first-order valence-electron chi connectivity index (χ1n) is 6.90. The third-order valence-corrected chi connectivity index (χ3v) is 3.54. The second-order valence-electron chi connectivity index (χ2n) is 5.76. The van der Waals surface area contributed by atoms with Crippen LogP contribution in [-0.2, 0) is 4.74 Å². The summed E-state index contributed by atoms with van der Waals surface area (Å²) in [6.45, 7) is 12.8. The molecule has 3 heteroatoms. The van der Waals surface area contributed by atoms with E-state index in [1.165, 1.54) is 25.8 Å². The van der Waals surface area contributed by atoms with Gasteiger partial charge < -0.3 is 10.5 Å². The van der Waals surface area contributed by atoms with Crippen LogP contribution in [0.4, 0.5) is 0 Å². The highest BCUT2D eigenvalue weighted by atomic mass is 16.5. The summed E-state index contributed by atoms with van der Waals surface area (Å²) < 4.78 is 5.21. The molecular formula is C14H32N2O. The van der Waals surface area contributed by atoms with Crippen LogP contribution >= 0.6 is 0 Å². The van der Waals surface area contributed by atoms with Gasteiger partial charge in [0.05, 0.1) is 6.61 Å². The van der Waals surface area contributed by atoms with Gasteiger partial charge in [0, 0.05) is 13.2 Å². The van der Waals surface area contributed by atoms with Gasteiger partial charge in [0.2, 0.25) is 0 Å². The molecule has 0 bridgehead atoms. The molecule has 17 heavy (non-hydrogen) atoms. The highest BCUT2D eigenvalue weighted by Gasteiger charge is 2.15. The third kappa shape index (κ3) is 7.74. The standard InChI is InChI=1S/C14H32N2O/c1-6-16(13(2)11-17-5)10-8-7-9-14(3,4)12-15/h13H,6-12,15H2,1-5H3. The fourth-order valence-corrected chi connectivity index (χ4v) is 2.06. The summed E-state index contributed by atoms with van der Waals surface area (Å²) in [6, 6.07) is 0.521. The Morgan fingerprint density at radius 2 is 1.94 bits per heavy atom. The number of nitrogens with two attached hydrogens (primary N) is 1. The van der Waals surface area contributed by atoms with Crippen molar-refractivity contribution in [3.63, 3.8) is 0 Å². The number of unbranched alkanes of at least 4 members (excludes halogenated alkanes) is 1. The number of hydrogen-bond acceptors (Lipinski definition) is 3. The predicted octanol–water partition coefficient (Wildman–Crippen LogP) is 2.50. The van der Waals surface area contributed by atoms with E-state index in [-0.39, 0.29) is 0 Å². The molecule has 0 aliphatic carbocycles. The van der Waals surface area contributed by atoms with Crippen LogP contribution in [0.2, 0.25) is 0 Å². The van der Waals surface area contributed by atoms with Crippen LogP contribution in [0.5, 0.6) is 0 Å². The first kappa shape index (κ1) is 16.9. The number of likely N-dealkylation sites (N-methyl/N-ethyl adjacent to an activating group) is 1. The van der Waals surface area contributed by atoms with Crippen LogP contribution in [0.15, 0.2) is 0 Å². The second kappa shape index (κ2) is 8.90. The normalized spacial score (nSPS) is 14.3. The van der Waals surface area contributed by atoms with Crippen LogP contribution in [0.3, 0.4) is 0 Å². The highest BCUT2D eigenvalue weighted by Crippen LogP contribution is 2.21. The van der Waals surface area contributed by atoms with Gasteiger partial charge in [0.25, 0.3) is 0 Å². The minimum Gasteiger partial charge on any atom is -0.383 e. The van der Waals surface area contributed by atoms with Crippen molar-refractivity contribution in [2.24, 2.45) is 11.1 Å². The maximum absolute atomic E-state index is 5.74. The molecule has 0 aromatic heterocycles. The van der Waals surface area contributed by atoms with Crippen molar-refractivity contribution >= 4 is 0 Å². The molecule has 104 valence electrons. The molecule has 0 aliphatic heterocycles. The molecular weight excluding hydrogens is 212 g/mol. The molecule has 1 atom stereocenters. The first-order chi connectivity index (χ1) is 7.96. The van der Waals surface area contributed by atoms with Crippen LogP contribution < -0.4 is 5.73 Å². The maximum Gasteiger partial charge on any atom is 0.0615 e. The first-order valence-corrected chi connectivity index (χ1v) is 6.90. The maximum atomic E-state index is 5.74. The minimum absolute atomic E-state index is 0.301. The largest absolute Gasteiger partial charge is 0.383 e. The lowest BCUT2D eigenvalue weighted by Gasteiger charge is -2.28. The zero-order chi connectivity index (χ0) is 13.3. The Labute approximate surface area is 108 Å². The van der Waals surface area contributed by atoms with Gasteiger partial charge in [-0.15, -0.1) is 0 Å². The second-order valence-corrected chi connectivity index (χ2v) is 5.76. The van der Waals surface area contributed by atoms with E-state index in [1.807, 2.05) is 0 Å².